The van der Waals surface area contributed by atoms with Crippen LogP contribution in [0.5, 0.6) is 0 Å². The first-order valence-corrected chi connectivity index (χ1v) is 5.88. The minimum absolute atomic E-state index is 0.0180. The van der Waals surface area contributed by atoms with E-state index in [1.54, 1.807) is 13.1 Å². The number of anilines is 1. The van der Waals surface area contributed by atoms with Crippen LogP contribution >= 0.6 is 0 Å². The number of imidazole rings is 1. The molecule has 0 saturated heterocycles. The van der Waals surface area contributed by atoms with Crippen molar-refractivity contribution in [2.45, 2.75) is 6.92 Å². The number of urea groups is 1. The van der Waals surface area contributed by atoms with Crippen LogP contribution in [-0.4, -0.2) is 38.2 Å². The summed E-state index contributed by atoms with van der Waals surface area (Å²) in [5.41, 5.74) is 0.390. The fourth-order valence-electron chi connectivity index (χ4n) is 1.61. The summed E-state index contributed by atoms with van der Waals surface area (Å²) < 4.78 is 1.54. The Hall–Kier alpha value is -2.90. The van der Waals surface area contributed by atoms with Crippen molar-refractivity contribution >= 4 is 17.8 Å². The summed E-state index contributed by atoms with van der Waals surface area (Å²) in [6.07, 6.45) is 5.80. The molecule has 0 spiro atoms. The van der Waals surface area contributed by atoms with E-state index in [9.17, 15) is 9.59 Å². The van der Waals surface area contributed by atoms with Crippen molar-refractivity contribution in [2.75, 3.05) is 11.9 Å². The highest BCUT2D eigenvalue weighted by Crippen LogP contribution is 2.17. The number of nitrogens with one attached hydrogen (secondary N) is 2. The SMILES string of the molecule is CCNC(=O)Nc1cc(-n2ccnc2)c(C(=O)O)cn1. The van der Waals surface area contributed by atoms with Crippen LogP contribution in [-0.2, 0) is 0 Å². The quantitative estimate of drug-likeness (QED) is 0.774. The highest BCUT2D eigenvalue weighted by Gasteiger charge is 2.14. The number of hydrogen-bond donors (Lipinski definition) is 3. The number of nitrogens with zero attached hydrogens (tertiary/aromatic N) is 3. The fraction of sp³-hybridized carbons (Fsp3) is 0.167. The number of carboxylic acid groups (broad SMARTS) is 1. The Labute approximate surface area is 114 Å². The van der Waals surface area contributed by atoms with Gasteiger partial charge in [0.15, 0.2) is 0 Å². The molecule has 20 heavy (non-hydrogen) atoms. The van der Waals surface area contributed by atoms with Gasteiger partial charge in [0.25, 0.3) is 0 Å². The lowest BCUT2D eigenvalue weighted by Gasteiger charge is -2.10. The van der Waals surface area contributed by atoms with E-state index in [-0.39, 0.29) is 11.4 Å². The summed E-state index contributed by atoms with van der Waals surface area (Å²) in [6, 6.07) is 1.07. The van der Waals surface area contributed by atoms with Crippen LogP contribution in [0.15, 0.2) is 31.0 Å². The van der Waals surface area contributed by atoms with Crippen molar-refractivity contribution in [1.82, 2.24) is 19.9 Å². The van der Waals surface area contributed by atoms with Crippen LogP contribution in [0.2, 0.25) is 0 Å². The van der Waals surface area contributed by atoms with Gasteiger partial charge < -0.3 is 15.0 Å². The van der Waals surface area contributed by atoms with Crippen LogP contribution < -0.4 is 10.6 Å². The largest absolute Gasteiger partial charge is 0.478 e. The number of hydrogen-bond acceptors (Lipinski definition) is 4. The highest BCUT2D eigenvalue weighted by molar-refractivity contribution is 5.93. The highest BCUT2D eigenvalue weighted by atomic mass is 16.4. The average molecular weight is 275 g/mol. The molecule has 0 fully saturated rings. The Balaban J connectivity index is 2.36. The average Bonchev–Trinajstić information content (AvgIpc) is 2.92. The second-order valence-corrected chi connectivity index (χ2v) is 3.85. The lowest BCUT2D eigenvalue weighted by Crippen LogP contribution is -2.28. The molecule has 2 amide bonds. The van der Waals surface area contributed by atoms with Gasteiger partial charge in [0, 0.05) is 31.2 Å². The molecule has 8 heteroatoms. The zero-order chi connectivity index (χ0) is 14.5. The van der Waals surface area contributed by atoms with Crippen LogP contribution in [0.3, 0.4) is 0 Å². The standard InChI is InChI=1S/C12H13N5O3/c1-2-14-12(20)16-10-5-9(17-4-3-13-7-17)8(6-15-10)11(18)19/h3-7H,2H2,1H3,(H,18,19)(H2,14,15,16,20). The molecule has 0 radical (unpaired) electrons. The summed E-state index contributed by atoms with van der Waals surface area (Å²) in [6.45, 7) is 2.27. The number of aromatic nitrogens is 3. The second kappa shape index (κ2) is 5.83. The maximum Gasteiger partial charge on any atom is 0.339 e. The number of rotatable bonds is 4. The Kier molecular flexibility index (Phi) is 3.94. The molecule has 3 N–H and O–H groups in total. The molecule has 0 aliphatic carbocycles. The van der Waals surface area contributed by atoms with E-state index >= 15 is 0 Å². The number of aromatic carboxylic acids is 1. The molecule has 0 aliphatic heterocycles. The molecule has 2 rings (SSSR count). The van der Waals surface area contributed by atoms with Crippen molar-refractivity contribution < 1.29 is 14.7 Å². The maximum absolute atomic E-state index is 11.4. The van der Waals surface area contributed by atoms with Gasteiger partial charge in [-0.25, -0.2) is 19.6 Å². The van der Waals surface area contributed by atoms with E-state index in [1.165, 1.54) is 29.4 Å². The van der Waals surface area contributed by atoms with E-state index in [2.05, 4.69) is 20.6 Å². The number of carbonyl (C=O) groups excluding carboxylic acids is 1. The van der Waals surface area contributed by atoms with Gasteiger partial charge in [0.1, 0.15) is 11.4 Å². The van der Waals surface area contributed by atoms with Gasteiger partial charge >= 0.3 is 12.0 Å². The molecule has 0 saturated carbocycles. The van der Waals surface area contributed by atoms with Gasteiger partial charge in [0.05, 0.1) is 12.0 Å². The maximum atomic E-state index is 11.4. The van der Waals surface area contributed by atoms with Crippen LogP contribution in [0.1, 0.15) is 17.3 Å². The molecule has 2 aromatic rings. The molecule has 8 nitrogen and oxygen atoms in total. The van der Waals surface area contributed by atoms with Crippen LogP contribution in [0.25, 0.3) is 5.69 Å². The Bertz CT molecular complexity index is 624. The lowest BCUT2D eigenvalue weighted by atomic mass is 10.2. The smallest absolute Gasteiger partial charge is 0.339 e. The molecule has 0 atom stereocenters. The van der Waals surface area contributed by atoms with E-state index in [1.807, 2.05) is 0 Å². The first-order chi connectivity index (χ1) is 9.61. The minimum atomic E-state index is -1.11. The third kappa shape index (κ3) is 2.91. The van der Waals surface area contributed by atoms with E-state index in [0.29, 0.717) is 12.2 Å². The van der Waals surface area contributed by atoms with Gasteiger partial charge in [-0.1, -0.05) is 0 Å². The summed E-state index contributed by atoms with van der Waals surface area (Å²) in [5.74, 6) is -0.851. The molecule has 0 unspecified atom stereocenters. The first-order valence-electron chi connectivity index (χ1n) is 5.88. The predicted molar refractivity (Wildman–Crippen MR) is 71.0 cm³/mol. The van der Waals surface area contributed by atoms with Gasteiger partial charge in [-0.2, -0.15) is 0 Å². The number of amides is 2. The number of pyridine rings is 1. The van der Waals surface area contributed by atoms with Gasteiger partial charge in [-0.05, 0) is 6.92 Å². The summed E-state index contributed by atoms with van der Waals surface area (Å²) in [4.78, 5) is 30.4. The van der Waals surface area contributed by atoms with E-state index in [0.717, 1.165) is 0 Å². The van der Waals surface area contributed by atoms with Gasteiger partial charge in [-0.15, -0.1) is 0 Å². The Morgan fingerprint density at radius 1 is 1.45 bits per heavy atom. The third-order valence-electron chi connectivity index (χ3n) is 2.47. The van der Waals surface area contributed by atoms with Gasteiger partial charge in [0.2, 0.25) is 0 Å². The minimum Gasteiger partial charge on any atom is -0.478 e. The molecule has 104 valence electrons. The summed E-state index contributed by atoms with van der Waals surface area (Å²) in [5, 5.41) is 14.2. The van der Waals surface area contributed by atoms with Gasteiger partial charge in [-0.3, -0.25) is 5.32 Å². The lowest BCUT2D eigenvalue weighted by molar-refractivity contribution is 0.0696. The van der Waals surface area contributed by atoms with Crippen molar-refractivity contribution in [3.63, 3.8) is 0 Å². The fourth-order valence-corrected chi connectivity index (χ4v) is 1.61. The van der Waals surface area contributed by atoms with E-state index < -0.39 is 12.0 Å². The van der Waals surface area contributed by atoms with Crippen molar-refractivity contribution in [3.8, 4) is 5.69 Å². The topological polar surface area (TPSA) is 109 Å². The zero-order valence-electron chi connectivity index (χ0n) is 10.7. The zero-order valence-corrected chi connectivity index (χ0v) is 10.7. The summed E-state index contributed by atoms with van der Waals surface area (Å²) >= 11 is 0. The van der Waals surface area contributed by atoms with E-state index in [4.69, 9.17) is 5.11 Å². The first kappa shape index (κ1) is 13.5. The molecule has 0 aliphatic rings. The van der Waals surface area contributed by atoms with Crippen LogP contribution in [0, 0.1) is 0 Å². The monoisotopic (exact) mass is 275 g/mol. The molecule has 2 heterocycles. The Morgan fingerprint density at radius 2 is 2.25 bits per heavy atom. The van der Waals surface area contributed by atoms with Crippen LogP contribution in [0.4, 0.5) is 10.6 Å². The normalized spacial score (nSPS) is 10.1. The molecular weight excluding hydrogens is 262 g/mol. The summed E-state index contributed by atoms with van der Waals surface area (Å²) in [7, 11) is 0. The number of carboxylic acids is 1. The molecular formula is C12H13N5O3. The Morgan fingerprint density at radius 3 is 2.85 bits per heavy atom. The molecule has 2 aromatic heterocycles. The molecule has 0 aromatic carbocycles. The number of carbonyl (C=O) groups is 2. The van der Waals surface area contributed by atoms with Crippen molar-refractivity contribution in [3.05, 3.63) is 36.5 Å². The third-order valence-corrected chi connectivity index (χ3v) is 2.47. The molecule has 0 bridgehead atoms. The predicted octanol–water partition coefficient (Wildman–Crippen LogP) is 1.11. The van der Waals surface area contributed by atoms with Crippen molar-refractivity contribution in [1.29, 1.82) is 0 Å². The van der Waals surface area contributed by atoms with Crippen molar-refractivity contribution in [2.24, 2.45) is 0 Å². The second-order valence-electron chi connectivity index (χ2n) is 3.85.